The molecule has 1 aliphatic heterocycles. The lowest BCUT2D eigenvalue weighted by atomic mass is 10.0. The van der Waals surface area contributed by atoms with E-state index >= 15 is 0 Å². The summed E-state index contributed by atoms with van der Waals surface area (Å²) in [5.74, 6) is -1.66. The summed E-state index contributed by atoms with van der Waals surface area (Å²) in [6, 6.07) is -0.726. The average Bonchev–Trinajstić information content (AvgIpc) is 2.76. The second-order valence-electron chi connectivity index (χ2n) is 4.33. The van der Waals surface area contributed by atoms with E-state index in [1.165, 1.54) is 4.90 Å². The van der Waals surface area contributed by atoms with Gasteiger partial charge in [-0.15, -0.1) is 0 Å². The molecule has 1 unspecified atom stereocenters. The Labute approximate surface area is 106 Å². The molecule has 0 aromatic carbocycles. The SMILES string of the molecule is CC(CC(=O)CS)C(=O)N1CCC[C@H]1C(=O)O. The van der Waals surface area contributed by atoms with Gasteiger partial charge in [-0.3, -0.25) is 9.59 Å². The summed E-state index contributed by atoms with van der Waals surface area (Å²) < 4.78 is 0. The van der Waals surface area contributed by atoms with Crippen molar-refractivity contribution in [1.82, 2.24) is 4.90 Å². The number of nitrogens with zero attached hydrogens (tertiary/aromatic N) is 1. The number of likely N-dealkylation sites (tertiary alicyclic amines) is 1. The molecular weight excluding hydrogens is 242 g/mol. The van der Waals surface area contributed by atoms with Crippen molar-refractivity contribution in [1.29, 1.82) is 0 Å². The molecule has 0 spiro atoms. The zero-order valence-corrected chi connectivity index (χ0v) is 10.7. The minimum Gasteiger partial charge on any atom is -0.480 e. The lowest BCUT2D eigenvalue weighted by Gasteiger charge is -2.24. The third kappa shape index (κ3) is 3.46. The van der Waals surface area contributed by atoms with E-state index in [-0.39, 0.29) is 23.9 Å². The number of carboxylic acid groups (broad SMARTS) is 1. The number of thiol groups is 1. The van der Waals surface area contributed by atoms with Crippen LogP contribution in [0.3, 0.4) is 0 Å². The van der Waals surface area contributed by atoms with Crippen LogP contribution in [0.4, 0.5) is 0 Å². The molecule has 0 saturated carbocycles. The molecule has 0 radical (unpaired) electrons. The maximum absolute atomic E-state index is 12.0. The summed E-state index contributed by atoms with van der Waals surface area (Å²) in [6.07, 6.45) is 1.33. The van der Waals surface area contributed by atoms with Crippen molar-refractivity contribution < 1.29 is 19.5 Å². The third-order valence-electron chi connectivity index (χ3n) is 2.95. The third-order valence-corrected chi connectivity index (χ3v) is 3.31. The number of aliphatic carboxylic acids is 1. The first-order chi connectivity index (χ1) is 7.97. The van der Waals surface area contributed by atoms with Gasteiger partial charge in [-0.05, 0) is 12.8 Å². The van der Waals surface area contributed by atoms with E-state index in [2.05, 4.69) is 12.6 Å². The summed E-state index contributed by atoms with van der Waals surface area (Å²) in [5, 5.41) is 8.97. The molecule has 1 aliphatic rings. The Kier molecular flexibility index (Phi) is 4.99. The van der Waals surface area contributed by atoms with Gasteiger partial charge in [-0.2, -0.15) is 12.6 Å². The largest absolute Gasteiger partial charge is 0.480 e. The zero-order valence-electron chi connectivity index (χ0n) is 9.76. The number of amides is 1. The van der Waals surface area contributed by atoms with E-state index in [4.69, 9.17) is 5.11 Å². The molecule has 1 saturated heterocycles. The number of hydrogen-bond acceptors (Lipinski definition) is 4. The van der Waals surface area contributed by atoms with Gasteiger partial charge in [0, 0.05) is 24.6 Å². The highest BCUT2D eigenvalue weighted by atomic mass is 32.1. The van der Waals surface area contributed by atoms with Crippen LogP contribution in [0, 0.1) is 5.92 Å². The molecule has 1 amide bonds. The minimum atomic E-state index is -0.969. The molecule has 5 nitrogen and oxygen atoms in total. The maximum Gasteiger partial charge on any atom is 0.326 e. The molecule has 6 heteroatoms. The smallest absolute Gasteiger partial charge is 0.326 e. The van der Waals surface area contributed by atoms with Crippen LogP contribution in [0.2, 0.25) is 0 Å². The summed E-state index contributed by atoms with van der Waals surface area (Å²) in [6.45, 7) is 2.12. The summed E-state index contributed by atoms with van der Waals surface area (Å²) >= 11 is 3.85. The van der Waals surface area contributed by atoms with Crippen LogP contribution >= 0.6 is 12.6 Å². The number of carboxylic acids is 1. The second-order valence-corrected chi connectivity index (χ2v) is 4.65. The van der Waals surface area contributed by atoms with Crippen molar-refractivity contribution in [3.8, 4) is 0 Å². The Bertz CT molecular complexity index is 331. The van der Waals surface area contributed by atoms with Gasteiger partial charge in [0.25, 0.3) is 0 Å². The van der Waals surface area contributed by atoms with Crippen LogP contribution < -0.4 is 0 Å². The molecule has 2 atom stereocenters. The van der Waals surface area contributed by atoms with Crippen molar-refractivity contribution in [3.05, 3.63) is 0 Å². The van der Waals surface area contributed by atoms with E-state index < -0.39 is 17.9 Å². The quantitative estimate of drug-likeness (QED) is 0.709. The second kappa shape index (κ2) is 6.05. The summed E-state index contributed by atoms with van der Waals surface area (Å²) in [5.41, 5.74) is 0. The molecule has 0 bridgehead atoms. The van der Waals surface area contributed by atoms with Gasteiger partial charge >= 0.3 is 5.97 Å². The Morgan fingerprint density at radius 2 is 2.12 bits per heavy atom. The van der Waals surface area contributed by atoms with Crippen molar-refractivity contribution in [2.75, 3.05) is 12.3 Å². The number of carbonyl (C=O) groups is 3. The van der Waals surface area contributed by atoms with Gasteiger partial charge in [0.15, 0.2) is 0 Å². The Morgan fingerprint density at radius 1 is 1.47 bits per heavy atom. The molecule has 1 fully saturated rings. The van der Waals surface area contributed by atoms with Gasteiger partial charge in [-0.1, -0.05) is 6.92 Å². The van der Waals surface area contributed by atoms with Crippen LogP contribution in [0.25, 0.3) is 0 Å². The molecule has 1 rings (SSSR count). The normalized spacial score (nSPS) is 21.3. The monoisotopic (exact) mass is 259 g/mol. The van der Waals surface area contributed by atoms with Gasteiger partial charge < -0.3 is 10.0 Å². The average molecular weight is 259 g/mol. The van der Waals surface area contributed by atoms with Crippen molar-refractivity contribution in [3.63, 3.8) is 0 Å². The van der Waals surface area contributed by atoms with Crippen LogP contribution in [0.5, 0.6) is 0 Å². The van der Waals surface area contributed by atoms with E-state index in [1.807, 2.05) is 0 Å². The predicted octanol–water partition coefficient (Wildman–Crippen LogP) is 0.587. The topological polar surface area (TPSA) is 74.7 Å². The Morgan fingerprint density at radius 3 is 2.65 bits per heavy atom. The fraction of sp³-hybridized carbons (Fsp3) is 0.727. The predicted molar refractivity (Wildman–Crippen MR) is 65.0 cm³/mol. The highest BCUT2D eigenvalue weighted by Gasteiger charge is 2.35. The number of Topliss-reactive ketones (excluding diaryl/α,β-unsaturated/α-hetero) is 1. The fourth-order valence-electron chi connectivity index (χ4n) is 2.06. The maximum atomic E-state index is 12.0. The lowest BCUT2D eigenvalue weighted by molar-refractivity contribution is -0.150. The molecule has 96 valence electrons. The highest BCUT2D eigenvalue weighted by molar-refractivity contribution is 7.81. The summed E-state index contributed by atoms with van der Waals surface area (Å²) in [7, 11) is 0. The fourth-order valence-corrected chi connectivity index (χ4v) is 2.19. The van der Waals surface area contributed by atoms with Crippen LogP contribution in [-0.2, 0) is 14.4 Å². The molecule has 17 heavy (non-hydrogen) atoms. The van der Waals surface area contributed by atoms with E-state index in [0.29, 0.717) is 19.4 Å². The van der Waals surface area contributed by atoms with Crippen molar-refractivity contribution in [2.24, 2.45) is 5.92 Å². The number of ketones is 1. The summed E-state index contributed by atoms with van der Waals surface area (Å²) in [4.78, 5) is 35.5. The molecule has 0 aliphatic carbocycles. The first-order valence-corrected chi connectivity index (χ1v) is 6.26. The van der Waals surface area contributed by atoms with E-state index in [1.54, 1.807) is 6.92 Å². The first-order valence-electron chi connectivity index (χ1n) is 5.63. The molecule has 0 aromatic rings. The van der Waals surface area contributed by atoms with Crippen LogP contribution in [0.1, 0.15) is 26.2 Å². The van der Waals surface area contributed by atoms with Gasteiger partial charge in [-0.25, -0.2) is 4.79 Å². The van der Waals surface area contributed by atoms with Gasteiger partial charge in [0.05, 0.1) is 0 Å². The standard InChI is InChI=1S/C11H17NO4S/c1-7(5-8(13)6-17)10(14)12-4-2-3-9(12)11(15)16/h7,9,17H,2-6H2,1H3,(H,15,16)/t7?,9-/m0/s1. The number of rotatable bonds is 5. The van der Waals surface area contributed by atoms with E-state index in [9.17, 15) is 14.4 Å². The zero-order chi connectivity index (χ0) is 13.0. The first kappa shape index (κ1) is 14.0. The van der Waals surface area contributed by atoms with Gasteiger partial charge in [0.2, 0.25) is 5.91 Å². The van der Waals surface area contributed by atoms with Gasteiger partial charge in [0.1, 0.15) is 11.8 Å². The molecule has 1 heterocycles. The Hall–Kier alpha value is -1.04. The number of carbonyl (C=O) groups excluding carboxylic acids is 2. The minimum absolute atomic E-state index is 0.0970. The molecule has 0 aromatic heterocycles. The Balaban J connectivity index is 2.62. The highest BCUT2D eigenvalue weighted by Crippen LogP contribution is 2.21. The van der Waals surface area contributed by atoms with E-state index in [0.717, 1.165) is 0 Å². The molecule has 1 N–H and O–H groups in total. The van der Waals surface area contributed by atoms with Crippen molar-refractivity contribution in [2.45, 2.75) is 32.2 Å². The lowest BCUT2D eigenvalue weighted by Crippen LogP contribution is -2.43. The van der Waals surface area contributed by atoms with Crippen molar-refractivity contribution >= 4 is 30.3 Å². The number of hydrogen-bond donors (Lipinski definition) is 2. The molecular formula is C11H17NO4S. The van der Waals surface area contributed by atoms with Crippen LogP contribution in [0.15, 0.2) is 0 Å². The van der Waals surface area contributed by atoms with Crippen LogP contribution in [-0.4, -0.2) is 46.0 Å².